The Bertz CT molecular complexity index is 1080. The third kappa shape index (κ3) is 5.71. The van der Waals surface area contributed by atoms with E-state index in [9.17, 15) is 13.6 Å². The Morgan fingerprint density at radius 1 is 1.27 bits per heavy atom. The zero-order valence-corrected chi connectivity index (χ0v) is 19.8. The highest BCUT2D eigenvalue weighted by molar-refractivity contribution is 5.65. The number of likely N-dealkylation sites (N-methyl/N-ethyl adjacent to an activating group) is 1. The predicted octanol–water partition coefficient (Wildman–Crippen LogP) is 3.30. The minimum atomic E-state index is -2.70. The smallest absolute Gasteiger partial charge is 0.265 e. The van der Waals surface area contributed by atoms with Crippen LogP contribution < -0.4 is 22.0 Å². The fourth-order valence-electron chi connectivity index (χ4n) is 4.07. The number of aromatic nitrogens is 2. The lowest BCUT2D eigenvalue weighted by Gasteiger charge is -2.35. The summed E-state index contributed by atoms with van der Waals surface area (Å²) in [6.45, 7) is 6.49. The van der Waals surface area contributed by atoms with Gasteiger partial charge in [0.15, 0.2) is 0 Å². The van der Waals surface area contributed by atoms with E-state index in [1.165, 1.54) is 11.1 Å². The molecule has 0 radical (unpaired) electrons. The molecule has 7 nitrogen and oxygen atoms in total. The van der Waals surface area contributed by atoms with Crippen LogP contribution in [-0.2, 0) is 13.0 Å². The summed E-state index contributed by atoms with van der Waals surface area (Å²) in [5.74, 6) is 3.64. The average molecular weight is 461 g/mol. The Hall–Kier alpha value is -2.94. The standard InChI is InChI=1S/C24H34F2N6O/c1-5-18-20(31-12-6-11-24(25,26)15-31)9-8-19(29-18)23(27)21(30(4)28)14-32-13-17(16(2)3)7-10-22(32)33/h7-10,13,16H,5-6,11-12,14-15,27-28H2,1-4H3/b23-21-. The van der Waals surface area contributed by atoms with Gasteiger partial charge in [-0.25, -0.2) is 19.6 Å². The molecule has 4 N–H and O–H groups in total. The number of nitrogens with zero attached hydrogens (tertiary/aromatic N) is 4. The highest BCUT2D eigenvalue weighted by atomic mass is 19.3. The number of halogens is 2. The van der Waals surface area contributed by atoms with E-state index in [0.29, 0.717) is 47.9 Å². The van der Waals surface area contributed by atoms with E-state index in [4.69, 9.17) is 11.6 Å². The Balaban J connectivity index is 1.98. The third-order valence-corrected chi connectivity index (χ3v) is 6.02. The third-order valence-electron chi connectivity index (χ3n) is 6.02. The van der Waals surface area contributed by atoms with Crippen LogP contribution in [0.5, 0.6) is 0 Å². The quantitative estimate of drug-likeness (QED) is 0.487. The number of nitrogens with two attached hydrogens (primary N) is 2. The van der Waals surface area contributed by atoms with Crippen LogP contribution in [-0.4, -0.2) is 40.6 Å². The molecule has 1 aliphatic heterocycles. The van der Waals surface area contributed by atoms with E-state index in [2.05, 4.69) is 18.8 Å². The van der Waals surface area contributed by atoms with Crippen LogP contribution in [0.2, 0.25) is 0 Å². The molecule has 0 bridgehead atoms. The summed E-state index contributed by atoms with van der Waals surface area (Å²) in [5, 5.41) is 1.39. The van der Waals surface area contributed by atoms with Gasteiger partial charge in [0.1, 0.15) is 0 Å². The monoisotopic (exact) mass is 460 g/mol. The Kier molecular flexibility index (Phi) is 7.41. The van der Waals surface area contributed by atoms with Crippen molar-refractivity contribution in [3.05, 3.63) is 63.5 Å². The number of pyridine rings is 2. The molecule has 9 heteroatoms. The Morgan fingerprint density at radius 2 is 2.00 bits per heavy atom. The highest BCUT2D eigenvalue weighted by Crippen LogP contribution is 2.32. The molecule has 1 aliphatic rings. The lowest BCUT2D eigenvalue weighted by atomic mass is 10.0. The number of allylic oxidation sites excluding steroid dienone is 1. The van der Waals surface area contributed by atoms with Crippen LogP contribution in [0.15, 0.2) is 41.0 Å². The second-order valence-electron chi connectivity index (χ2n) is 8.95. The van der Waals surface area contributed by atoms with Crippen LogP contribution in [0.4, 0.5) is 14.5 Å². The summed E-state index contributed by atoms with van der Waals surface area (Å²) in [4.78, 5) is 18.8. The molecule has 180 valence electrons. The van der Waals surface area contributed by atoms with E-state index in [1.54, 1.807) is 28.6 Å². The first-order valence-corrected chi connectivity index (χ1v) is 11.3. The van der Waals surface area contributed by atoms with Gasteiger partial charge in [0.2, 0.25) is 0 Å². The fourth-order valence-corrected chi connectivity index (χ4v) is 4.07. The van der Waals surface area contributed by atoms with Gasteiger partial charge in [-0.1, -0.05) is 26.8 Å². The number of piperidine rings is 1. The molecule has 3 rings (SSSR count). The van der Waals surface area contributed by atoms with Gasteiger partial charge in [0.25, 0.3) is 11.5 Å². The molecule has 0 unspecified atom stereocenters. The van der Waals surface area contributed by atoms with Crippen LogP contribution in [0.1, 0.15) is 56.5 Å². The second kappa shape index (κ2) is 9.91. The maximum absolute atomic E-state index is 14.0. The summed E-state index contributed by atoms with van der Waals surface area (Å²) < 4.78 is 29.5. The van der Waals surface area contributed by atoms with Crippen LogP contribution in [0.3, 0.4) is 0 Å². The Labute approximate surface area is 193 Å². The van der Waals surface area contributed by atoms with Gasteiger partial charge < -0.3 is 20.2 Å². The van der Waals surface area contributed by atoms with Crippen molar-refractivity contribution in [3.8, 4) is 0 Å². The van der Waals surface area contributed by atoms with Crippen LogP contribution in [0, 0.1) is 0 Å². The number of anilines is 1. The molecule has 0 amide bonds. The molecule has 0 saturated carbocycles. The molecular formula is C24H34F2N6O. The summed E-state index contributed by atoms with van der Waals surface area (Å²) in [6.07, 6.45) is 2.73. The second-order valence-corrected chi connectivity index (χ2v) is 8.95. The molecule has 3 heterocycles. The molecule has 1 saturated heterocycles. The molecule has 0 spiro atoms. The number of rotatable bonds is 7. The molecule has 0 atom stereocenters. The van der Waals surface area contributed by atoms with Crippen molar-refractivity contribution in [2.24, 2.45) is 11.6 Å². The van der Waals surface area contributed by atoms with Crippen molar-refractivity contribution in [1.29, 1.82) is 0 Å². The first kappa shape index (κ1) is 24.7. The number of aryl methyl sites for hydroxylation is 1. The maximum atomic E-state index is 14.0. The molecule has 1 fully saturated rings. The largest absolute Gasteiger partial charge is 0.395 e. The molecule has 33 heavy (non-hydrogen) atoms. The number of alkyl halides is 2. The van der Waals surface area contributed by atoms with Crippen molar-refractivity contribution in [2.45, 2.75) is 58.4 Å². The van der Waals surface area contributed by atoms with Crippen LogP contribution >= 0.6 is 0 Å². The number of hydrogen-bond donors (Lipinski definition) is 2. The predicted molar refractivity (Wildman–Crippen MR) is 128 cm³/mol. The van der Waals surface area contributed by atoms with E-state index >= 15 is 0 Å². The van der Waals surface area contributed by atoms with Gasteiger partial charge in [-0.15, -0.1) is 0 Å². The molecular weight excluding hydrogens is 426 g/mol. The van der Waals surface area contributed by atoms with Crippen molar-refractivity contribution in [3.63, 3.8) is 0 Å². The van der Waals surface area contributed by atoms with Gasteiger partial charge in [0.05, 0.1) is 41.6 Å². The van der Waals surface area contributed by atoms with Gasteiger partial charge >= 0.3 is 0 Å². The minimum Gasteiger partial charge on any atom is -0.395 e. The van der Waals surface area contributed by atoms with Gasteiger partial charge in [-0.05, 0) is 36.5 Å². The fraction of sp³-hybridized carbons (Fsp3) is 0.500. The van der Waals surface area contributed by atoms with Crippen molar-refractivity contribution in [1.82, 2.24) is 14.6 Å². The van der Waals surface area contributed by atoms with E-state index in [1.807, 2.05) is 19.2 Å². The summed E-state index contributed by atoms with van der Waals surface area (Å²) in [7, 11) is 1.66. The maximum Gasteiger partial charge on any atom is 0.265 e. The van der Waals surface area contributed by atoms with Gasteiger partial charge in [0, 0.05) is 32.3 Å². The molecule has 0 aromatic carbocycles. The minimum absolute atomic E-state index is 0.0876. The lowest BCUT2D eigenvalue weighted by molar-refractivity contribution is -0.0117. The summed E-state index contributed by atoms with van der Waals surface area (Å²) in [5.41, 5.74) is 10.1. The highest BCUT2D eigenvalue weighted by Gasteiger charge is 2.36. The zero-order valence-electron chi connectivity index (χ0n) is 19.8. The average Bonchev–Trinajstić information content (AvgIpc) is 2.76. The topological polar surface area (TPSA) is 93.4 Å². The van der Waals surface area contributed by atoms with Gasteiger partial charge in [-0.2, -0.15) is 0 Å². The number of hydrazine groups is 1. The molecule has 2 aromatic heterocycles. The summed E-state index contributed by atoms with van der Waals surface area (Å²) in [6, 6.07) is 6.89. The van der Waals surface area contributed by atoms with E-state index in [0.717, 1.165) is 5.56 Å². The first-order chi connectivity index (χ1) is 15.5. The molecule has 0 aliphatic carbocycles. The molecule has 2 aromatic rings. The normalized spacial score (nSPS) is 16.7. The van der Waals surface area contributed by atoms with E-state index in [-0.39, 0.29) is 31.0 Å². The number of hydrogen-bond acceptors (Lipinski definition) is 6. The van der Waals surface area contributed by atoms with Crippen LogP contribution in [0.25, 0.3) is 5.70 Å². The first-order valence-electron chi connectivity index (χ1n) is 11.3. The lowest BCUT2D eigenvalue weighted by Crippen LogP contribution is -2.43. The zero-order chi connectivity index (χ0) is 24.3. The van der Waals surface area contributed by atoms with Crippen molar-refractivity contribution in [2.75, 3.05) is 25.0 Å². The van der Waals surface area contributed by atoms with Gasteiger partial charge in [-0.3, -0.25) is 4.79 Å². The van der Waals surface area contributed by atoms with Crippen molar-refractivity contribution < 1.29 is 8.78 Å². The SMILES string of the molecule is CCc1nc(/C(N)=C(\Cn2cc(C(C)C)ccc2=O)N(C)N)ccc1N1CCCC(F)(F)C1. The van der Waals surface area contributed by atoms with Crippen molar-refractivity contribution >= 4 is 11.4 Å². The van der Waals surface area contributed by atoms with E-state index < -0.39 is 5.92 Å². The summed E-state index contributed by atoms with van der Waals surface area (Å²) >= 11 is 0. The Morgan fingerprint density at radius 3 is 2.61 bits per heavy atom.